The average Bonchev–Trinajstić information content (AvgIpc) is 2.25. The van der Waals surface area contributed by atoms with Crippen LogP contribution in [-0.4, -0.2) is 11.7 Å². The average molecular weight is 325 g/mol. The molecule has 0 saturated carbocycles. The Kier molecular flexibility index (Phi) is 5.50. The van der Waals surface area contributed by atoms with Crippen LogP contribution in [0.1, 0.15) is 19.4 Å². The highest BCUT2D eigenvalue weighted by Crippen LogP contribution is 2.25. The van der Waals surface area contributed by atoms with Gasteiger partial charge in [0.15, 0.2) is 0 Å². The van der Waals surface area contributed by atoms with Gasteiger partial charge in [0, 0.05) is 5.33 Å². The van der Waals surface area contributed by atoms with E-state index in [1.165, 1.54) is 12.1 Å². The first-order valence-corrected chi connectivity index (χ1v) is 6.84. The van der Waals surface area contributed by atoms with Crippen molar-refractivity contribution >= 4 is 15.9 Å². The lowest BCUT2D eigenvalue weighted by Crippen LogP contribution is -2.17. The first-order valence-electron chi connectivity index (χ1n) is 5.72. The van der Waals surface area contributed by atoms with Crippen molar-refractivity contribution in [2.75, 3.05) is 5.33 Å². The van der Waals surface area contributed by atoms with Crippen LogP contribution in [0.15, 0.2) is 24.3 Å². The third kappa shape index (κ3) is 5.29. The van der Waals surface area contributed by atoms with Crippen LogP contribution in [-0.2, 0) is 6.42 Å². The third-order valence-corrected chi connectivity index (χ3v) is 3.63. The minimum Gasteiger partial charge on any atom is -0.406 e. The Balaban J connectivity index is 2.65. The van der Waals surface area contributed by atoms with Gasteiger partial charge >= 0.3 is 6.36 Å². The summed E-state index contributed by atoms with van der Waals surface area (Å²) in [5, 5.41) is 0.880. The summed E-state index contributed by atoms with van der Waals surface area (Å²) in [7, 11) is 0. The van der Waals surface area contributed by atoms with Crippen LogP contribution >= 0.6 is 15.9 Å². The van der Waals surface area contributed by atoms with E-state index in [1.54, 1.807) is 12.1 Å². The lowest BCUT2D eigenvalue weighted by atomic mass is 9.91. The van der Waals surface area contributed by atoms with E-state index in [0.29, 0.717) is 11.8 Å². The monoisotopic (exact) mass is 324 g/mol. The van der Waals surface area contributed by atoms with E-state index >= 15 is 0 Å². The fourth-order valence-electron chi connectivity index (χ4n) is 1.60. The Morgan fingerprint density at radius 3 is 2.11 bits per heavy atom. The zero-order valence-corrected chi connectivity index (χ0v) is 11.9. The van der Waals surface area contributed by atoms with Crippen molar-refractivity contribution < 1.29 is 17.9 Å². The van der Waals surface area contributed by atoms with Crippen LogP contribution < -0.4 is 4.74 Å². The molecule has 0 bridgehead atoms. The van der Waals surface area contributed by atoms with E-state index in [2.05, 4.69) is 34.5 Å². The van der Waals surface area contributed by atoms with E-state index in [9.17, 15) is 13.2 Å². The second-order valence-corrected chi connectivity index (χ2v) is 5.20. The summed E-state index contributed by atoms with van der Waals surface area (Å²) in [5.41, 5.74) is 1.02. The van der Waals surface area contributed by atoms with Gasteiger partial charge < -0.3 is 4.74 Å². The number of halogens is 4. The number of benzene rings is 1. The lowest BCUT2D eigenvalue weighted by molar-refractivity contribution is -0.274. The van der Waals surface area contributed by atoms with Gasteiger partial charge in [0.05, 0.1) is 0 Å². The predicted molar refractivity (Wildman–Crippen MR) is 69.0 cm³/mol. The first kappa shape index (κ1) is 15.3. The van der Waals surface area contributed by atoms with Crippen molar-refractivity contribution in [2.24, 2.45) is 11.8 Å². The van der Waals surface area contributed by atoms with Gasteiger partial charge in [-0.15, -0.1) is 13.2 Å². The molecule has 102 valence electrons. The van der Waals surface area contributed by atoms with Crippen LogP contribution in [0.4, 0.5) is 13.2 Å². The number of rotatable bonds is 5. The summed E-state index contributed by atoms with van der Waals surface area (Å²) in [5.74, 6) is 0.820. The van der Waals surface area contributed by atoms with Crippen molar-refractivity contribution in [2.45, 2.75) is 26.6 Å². The maximum Gasteiger partial charge on any atom is 0.573 e. The lowest BCUT2D eigenvalue weighted by Gasteiger charge is -2.18. The fraction of sp³-hybridized carbons (Fsp3) is 0.538. The second kappa shape index (κ2) is 6.45. The molecule has 0 N–H and O–H groups in total. The summed E-state index contributed by atoms with van der Waals surface area (Å²) in [6.45, 7) is 4.26. The molecule has 0 radical (unpaired) electrons. The van der Waals surface area contributed by atoms with E-state index in [-0.39, 0.29) is 5.75 Å². The smallest absolute Gasteiger partial charge is 0.406 e. The Morgan fingerprint density at radius 2 is 1.72 bits per heavy atom. The number of hydrogen-bond acceptors (Lipinski definition) is 1. The van der Waals surface area contributed by atoms with E-state index in [4.69, 9.17) is 0 Å². The van der Waals surface area contributed by atoms with Crippen LogP contribution in [0.3, 0.4) is 0 Å². The number of hydrogen-bond donors (Lipinski definition) is 0. The standard InChI is InChI=1S/C13H16BrF3O/c1-9(2)11(8-14)7-10-3-5-12(6-4-10)18-13(15,16)17/h3-6,9,11H,7-8H2,1-2H3. The molecule has 1 unspecified atom stereocenters. The SMILES string of the molecule is CC(C)C(CBr)Cc1ccc(OC(F)(F)F)cc1. The largest absolute Gasteiger partial charge is 0.573 e. The van der Waals surface area contributed by atoms with Gasteiger partial charge in [0.2, 0.25) is 0 Å². The maximum atomic E-state index is 12.0. The molecule has 1 aromatic carbocycles. The molecule has 1 nitrogen and oxygen atoms in total. The quantitative estimate of drug-likeness (QED) is 0.707. The Bertz CT molecular complexity index is 359. The van der Waals surface area contributed by atoms with E-state index in [0.717, 1.165) is 17.3 Å². The fourth-order valence-corrected chi connectivity index (χ4v) is 2.57. The minimum absolute atomic E-state index is 0.175. The van der Waals surface area contributed by atoms with Crippen molar-refractivity contribution in [3.05, 3.63) is 29.8 Å². The van der Waals surface area contributed by atoms with Crippen LogP contribution in [0.5, 0.6) is 5.75 Å². The molecule has 0 aliphatic carbocycles. The normalized spacial score (nSPS) is 13.7. The van der Waals surface area contributed by atoms with E-state index in [1.807, 2.05) is 0 Å². The molecule has 0 aromatic heterocycles. The highest BCUT2D eigenvalue weighted by Gasteiger charge is 2.30. The second-order valence-electron chi connectivity index (χ2n) is 4.55. The molecule has 0 aliphatic rings. The Labute approximate surface area is 113 Å². The summed E-state index contributed by atoms with van der Waals surface area (Å²) in [4.78, 5) is 0. The predicted octanol–water partition coefficient (Wildman–Crippen LogP) is 4.79. The van der Waals surface area contributed by atoms with Crippen molar-refractivity contribution in [1.29, 1.82) is 0 Å². The molecular formula is C13H16BrF3O. The van der Waals surface area contributed by atoms with Crippen LogP contribution in [0.2, 0.25) is 0 Å². The Morgan fingerprint density at radius 1 is 1.17 bits per heavy atom. The van der Waals surface area contributed by atoms with Gasteiger partial charge in [-0.05, 0) is 36.0 Å². The first-order chi connectivity index (χ1) is 8.31. The van der Waals surface area contributed by atoms with Crippen molar-refractivity contribution in [3.63, 3.8) is 0 Å². The molecule has 0 heterocycles. The number of ether oxygens (including phenoxy) is 1. The zero-order valence-electron chi connectivity index (χ0n) is 10.3. The molecular weight excluding hydrogens is 309 g/mol. The molecule has 5 heteroatoms. The zero-order chi connectivity index (χ0) is 13.8. The summed E-state index contributed by atoms with van der Waals surface area (Å²) >= 11 is 3.45. The van der Waals surface area contributed by atoms with Crippen molar-refractivity contribution in [1.82, 2.24) is 0 Å². The summed E-state index contributed by atoms with van der Waals surface area (Å²) in [6, 6.07) is 6.07. The third-order valence-electron chi connectivity index (χ3n) is 2.80. The molecule has 0 aliphatic heterocycles. The minimum atomic E-state index is -4.63. The molecule has 1 aromatic rings. The van der Waals surface area contributed by atoms with Gasteiger partial charge in [0.1, 0.15) is 5.75 Å². The molecule has 0 amide bonds. The topological polar surface area (TPSA) is 9.23 Å². The van der Waals surface area contributed by atoms with Crippen molar-refractivity contribution in [3.8, 4) is 5.75 Å². The van der Waals surface area contributed by atoms with Gasteiger partial charge in [0.25, 0.3) is 0 Å². The highest BCUT2D eigenvalue weighted by molar-refractivity contribution is 9.09. The van der Waals surface area contributed by atoms with E-state index < -0.39 is 6.36 Å². The van der Waals surface area contributed by atoms with Gasteiger partial charge in [-0.25, -0.2) is 0 Å². The molecule has 0 fully saturated rings. The van der Waals surface area contributed by atoms with Gasteiger partial charge in [-0.2, -0.15) is 0 Å². The molecule has 1 rings (SSSR count). The molecule has 1 atom stereocenters. The maximum absolute atomic E-state index is 12.0. The number of alkyl halides is 4. The molecule has 18 heavy (non-hydrogen) atoms. The highest BCUT2D eigenvalue weighted by atomic mass is 79.9. The molecule has 0 spiro atoms. The van der Waals surface area contributed by atoms with Gasteiger partial charge in [-0.3, -0.25) is 0 Å². The van der Waals surface area contributed by atoms with Gasteiger partial charge in [-0.1, -0.05) is 41.9 Å². The Hall–Kier alpha value is -0.710. The van der Waals surface area contributed by atoms with Crippen LogP contribution in [0, 0.1) is 11.8 Å². The summed E-state index contributed by atoms with van der Waals surface area (Å²) in [6.07, 6.45) is -3.78. The summed E-state index contributed by atoms with van der Waals surface area (Å²) < 4.78 is 39.8. The molecule has 0 saturated heterocycles. The van der Waals surface area contributed by atoms with Crippen LogP contribution in [0.25, 0.3) is 0 Å².